The lowest BCUT2D eigenvalue weighted by Crippen LogP contribution is -2.42. The number of nitrogens with one attached hydrogen (secondary N) is 2. The van der Waals surface area contributed by atoms with E-state index in [1.807, 2.05) is 6.07 Å². The normalized spacial score (nSPS) is 20.3. The molecule has 0 bridgehead atoms. The Bertz CT molecular complexity index is 509. The number of hydrogen-bond acceptors (Lipinski definition) is 4. The first-order chi connectivity index (χ1) is 9.15. The lowest BCUT2D eigenvalue weighted by atomic mass is 10.2. The van der Waals surface area contributed by atoms with Crippen LogP contribution in [0.2, 0.25) is 0 Å². The first kappa shape index (κ1) is 12.0. The molecule has 0 radical (unpaired) electrons. The van der Waals surface area contributed by atoms with Gasteiger partial charge in [0.1, 0.15) is 12.6 Å². The minimum atomic E-state index is -0.559. The van der Waals surface area contributed by atoms with Crippen molar-refractivity contribution in [3.63, 3.8) is 0 Å². The van der Waals surface area contributed by atoms with Crippen LogP contribution in [-0.2, 0) is 9.53 Å². The number of aromatic amines is 1. The molecule has 1 atom stereocenters. The van der Waals surface area contributed by atoms with Crippen molar-refractivity contribution in [2.45, 2.75) is 31.7 Å². The van der Waals surface area contributed by atoms with Gasteiger partial charge in [0.2, 0.25) is 5.91 Å². The van der Waals surface area contributed by atoms with Crippen LogP contribution in [-0.4, -0.2) is 46.3 Å². The maximum absolute atomic E-state index is 12.0. The zero-order valence-corrected chi connectivity index (χ0v) is 10.7. The third-order valence-corrected chi connectivity index (χ3v) is 3.51. The number of hydrogen-bond donors (Lipinski definition) is 2. The van der Waals surface area contributed by atoms with E-state index in [0.717, 1.165) is 5.69 Å². The van der Waals surface area contributed by atoms with Crippen molar-refractivity contribution >= 4 is 17.8 Å². The summed E-state index contributed by atoms with van der Waals surface area (Å²) in [5.41, 5.74) is 1.06. The van der Waals surface area contributed by atoms with Crippen LogP contribution in [0.3, 0.4) is 0 Å². The van der Waals surface area contributed by atoms with E-state index in [-0.39, 0.29) is 5.91 Å². The predicted octanol–water partition coefficient (Wildman–Crippen LogP) is 1.07. The number of nitrogens with zero attached hydrogens (tertiary/aromatic N) is 2. The fourth-order valence-corrected chi connectivity index (χ4v) is 2.13. The molecular formula is C12H16N4O3. The van der Waals surface area contributed by atoms with E-state index in [1.165, 1.54) is 17.7 Å². The Labute approximate surface area is 110 Å². The number of ether oxygens (including phenoxy) is 1. The minimum absolute atomic E-state index is 0.257. The van der Waals surface area contributed by atoms with E-state index in [1.54, 1.807) is 6.92 Å². The summed E-state index contributed by atoms with van der Waals surface area (Å²) >= 11 is 0. The number of aromatic nitrogens is 2. The minimum Gasteiger partial charge on any atom is -0.448 e. The number of cyclic esters (lactones) is 1. The third kappa shape index (κ3) is 2.40. The van der Waals surface area contributed by atoms with Gasteiger partial charge in [-0.25, -0.2) is 4.79 Å². The number of anilines is 1. The largest absolute Gasteiger partial charge is 0.448 e. The number of carbonyl (C=O) groups is 2. The molecular weight excluding hydrogens is 248 g/mol. The zero-order chi connectivity index (χ0) is 13.4. The van der Waals surface area contributed by atoms with Crippen LogP contribution < -0.4 is 5.32 Å². The Morgan fingerprint density at radius 2 is 2.42 bits per heavy atom. The summed E-state index contributed by atoms with van der Waals surface area (Å²) in [7, 11) is 0. The molecule has 7 heteroatoms. The highest BCUT2D eigenvalue weighted by atomic mass is 16.6. The number of carbonyl (C=O) groups excluding carboxylic acids is 2. The van der Waals surface area contributed by atoms with Crippen LogP contribution >= 0.6 is 0 Å². The maximum atomic E-state index is 12.0. The summed E-state index contributed by atoms with van der Waals surface area (Å²) in [4.78, 5) is 24.8. The van der Waals surface area contributed by atoms with Crippen LogP contribution in [0.5, 0.6) is 0 Å². The molecule has 19 heavy (non-hydrogen) atoms. The molecule has 2 heterocycles. The molecule has 0 spiro atoms. The van der Waals surface area contributed by atoms with E-state index >= 15 is 0 Å². The molecule has 1 aromatic rings. The summed E-state index contributed by atoms with van der Waals surface area (Å²) in [6.07, 6.45) is 1.90. The van der Waals surface area contributed by atoms with Crippen LogP contribution in [0, 0.1) is 0 Å². The second-order valence-corrected chi connectivity index (χ2v) is 4.96. The van der Waals surface area contributed by atoms with Crippen molar-refractivity contribution in [1.29, 1.82) is 0 Å². The third-order valence-electron chi connectivity index (χ3n) is 3.51. The fraction of sp³-hybridized carbons (Fsp3) is 0.583. The van der Waals surface area contributed by atoms with Gasteiger partial charge in [0, 0.05) is 17.7 Å². The van der Waals surface area contributed by atoms with Gasteiger partial charge in [-0.3, -0.25) is 14.8 Å². The molecule has 1 aromatic heterocycles. The first-order valence-electron chi connectivity index (χ1n) is 6.44. The van der Waals surface area contributed by atoms with Gasteiger partial charge in [-0.15, -0.1) is 0 Å². The van der Waals surface area contributed by atoms with Crippen molar-refractivity contribution in [3.05, 3.63) is 11.8 Å². The summed E-state index contributed by atoms with van der Waals surface area (Å²) in [5, 5.41) is 9.69. The standard InChI is InChI=1S/C12H16N4O3/c1-7(16-4-5-19-12(16)18)11(17)13-10-6-9(14-15-10)8-2-3-8/h6-8H,2-5H2,1H3,(H2,13,14,15,17)/t7-/m0/s1. The highest BCUT2D eigenvalue weighted by Gasteiger charge is 2.32. The lowest BCUT2D eigenvalue weighted by Gasteiger charge is -2.19. The van der Waals surface area contributed by atoms with Crippen molar-refractivity contribution in [2.75, 3.05) is 18.5 Å². The maximum Gasteiger partial charge on any atom is 0.410 e. The molecule has 1 saturated heterocycles. The molecule has 0 aromatic carbocycles. The Hall–Kier alpha value is -2.05. The molecule has 1 aliphatic heterocycles. The topological polar surface area (TPSA) is 87.3 Å². The molecule has 1 saturated carbocycles. The van der Waals surface area contributed by atoms with Gasteiger partial charge in [0.05, 0.1) is 6.54 Å². The van der Waals surface area contributed by atoms with Crippen molar-refractivity contribution < 1.29 is 14.3 Å². The van der Waals surface area contributed by atoms with Gasteiger partial charge in [-0.1, -0.05) is 0 Å². The number of rotatable bonds is 4. The van der Waals surface area contributed by atoms with Gasteiger partial charge >= 0.3 is 6.09 Å². The predicted molar refractivity (Wildman–Crippen MR) is 66.7 cm³/mol. The summed E-state index contributed by atoms with van der Waals surface area (Å²) in [6.45, 7) is 2.46. The molecule has 7 nitrogen and oxygen atoms in total. The van der Waals surface area contributed by atoms with Gasteiger partial charge in [-0.05, 0) is 19.8 Å². The number of H-pyrrole nitrogens is 1. The van der Waals surface area contributed by atoms with Crippen LogP contribution in [0.4, 0.5) is 10.6 Å². The quantitative estimate of drug-likeness (QED) is 0.851. The fourth-order valence-electron chi connectivity index (χ4n) is 2.13. The van der Waals surface area contributed by atoms with E-state index in [9.17, 15) is 9.59 Å². The van der Waals surface area contributed by atoms with Gasteiger partial charge in [0.15, 0.2) is 5.82 Å². The lowest BCUT2D eigenvalue weighted by molar-refractivity contribution is -0.119. The molecule has 2 N–H and O–H groups in total. The van der Waals surface area contributed by atoms with Gasteiger partial charge in [-0.2, -0.15) is 5.10 Å². The number of amides is 2. The molecule has 1 aliphatic carbocycles. The molecule has 3 rings (SSSR count). The molecule has 0 unspecified atom stereocenters. The Balaban J connectivity index is 1.61. The van der Waals surface area contributed by atoms with E-state index in [2.05, 4.69) is 15.5 Å². The second-order valence-electron chi connectivity index (χ2n) is 4.96. The Kier molecular flexibility index (Phi) is 2.88. The Morgan fingerprint density at radius 1 is 1.63 bits per heavy atom. The SMILES string of the molecule is C[C@@H](C(=O)Nc1cc(C2CC2)[nH]n1)N1CCOC1=O. The summed E-state index contributed by atoms with van der Waals surface area (Å²) in [6, 6.07) is 1.29. The summed E-state index contributed by atoms with van der Waals surface area (Å²) in [5.74, 6) is 0.808. The monoisotopic (exact) mass is 264 g/mol. The zero-order valence-electron chi connectivity index (χ0n) is 10.7. The molecule has 2 aliphatic rings. The van der Waals surface area contributed by atoms with Crippen LogP contribution in [0.1, 0.15) is 31.4 Å². The first-order valence-corrected chi connectivity index (χ1v) is 6.44. The van der Waals surface area contributed by atoms with E-state index in [0.29, 0.717) is 24.9 Å². The highest BCUT2D eigenvalue weighted by Crippen LogP contribution is 2.39. The smallest absolute Gasteiger partial charge is 0.410 e. The second kappa shape index (κ2) is 4.56. The van der Waals surface area contributed by atoms with E-state index in [4.69, 9.17) is 4.74 Å². The Morgan fingerprint density at radius 3 is 3.05 bits per heavy atom. The van der Waals surface area contributed by atoms with Crippen molar-refractivity contribution in [2.24, 2.45) is 0 Å². The molecule has 2 fully saturated rings. The van der Waals surface area contributed by atoms with Crippen LogP contribution in [0.25, 0.3) is 0 Å². The summed E-state index contributed by atoms with van der Waals surface area (Å²) < 4.78 is 4.82. The van der Waals surface area contributed by atoms with E-state index < -0.39 is 12.1 Å². The highest BCUT2D eigenvalue weighted by molar-refractivity contribution is 5.95. The van der Waals surface area contributed by atoms with Crippen molar-refractivity contribution in [1.82, 2.24) is 15.1 Å². The van der Waals surface area contributed by atoms with Gasteiger partial charge < -0.3 is 10.1 Å². The van der Waals surface area contributed by atoms with Crippen molar-refractivity contribution in [3.8, 4) is 0 Å². The molecule has 102 valence electrons. The van der Waals surface area contributed by atoms with Gasteiger partial charge in [0.25, 0.3) is 0 Å². The molecule has 2 amide bonds. The average Bonchev–Trinajstić information content (AvgIpc) is 3.00. The van der Waals surface area contributed by atoms with Crippen LogP contribution in [0.15, 0.2) is 6.07 Å². The average molecular weight is 264 g/mol.